The van der Waals surface area contributed by atoms with Crippen LogP contribution in [-0.2, 0) is 19.1 Å². The SMILES string of the molecule is OCC1CCN(CCOc2nc3c(c(Nc4ccc(C(F)(F)F)cc4)n2)CCN(c2ccccc2Cl)C3)CC1. The van der Waals surface area contributed by atoms with Gasteiger partial charge in [-0.15, -0.1) is 0 Å². The average Bonchev–Trinajstić information content (AvgIpc) is 2.93. The monoisotopic (exact) mass is 561 g/mol. The third-order valence-corrected chi connectivity index (χ3v) is 7.64. The largest absolute Gasteiger partial charge is 0.462 e. The number of nitrogens with one attached hydrogen (secondary N) is 1. The lowest BCUT2D eigenvalue weighted by atomic mass is 9.98. The van der Waals surface area contributed by atoms with Crippen LogP contribution in [0.1, 0.15) is 29.7 Å². The number of piperidine rings is 1. The van der Waals surface area contributed by atoms with E-state index in [1.165, 1.54) is 12.1 Å². The van der Waals surface area contributed by atoms with Crippen molar-refractivity contribution in [2.75, 3.05) is 49.6 Å². The van der Waals surface area contributed by atoms with Gasteiger partial charge >= 0.3 is 12.2 Å². The van der Waals surface area contributed by atoms with Gasteiger partial charge in [-0.05, 0) is 74.7 Å². The van der Waals surface area contributed by atoms with Crippen molar-refractivity contribution in [2.45, 2.75) is 32.0 Å². The first kappa shape index (κ1) is 27.5. The topological polar surface area (TPSA) is 73.8 Å². The number of alkyl halides is 3. The van der Waals surface area contributed by atoms with E-state index in [0.717, 1.165) is 55.0 Å². The van der Waals surface area contributed by atoms with E-state index in [2.05, 4.69) is 20.1 Å². The zero-order valence-electron chi connectivity index (χ0n) is 21.4. The minimum absolute atomic E-state index is 0.217. The molecule has 2 N–H and O–H groups in total. The molecule has 1 fully saturated rings. The molecule has 5 rings (SSSR count). The summed E-state index contributed by atoms with van der Waals surface area (Å²) in [4.78, 5) is 13.8. The summed E-state index contributed by atoms with van der Waals surface area (Å²) in [7, 11) is 0. The molecule has 7 nitrogen and oxygen atoms in total. The first-order valence-electron chi connectivity index (χ1n) is 13.1. The van der Waals surface area contributed by atoms with Gasteiger partial charge in [0.1, 0.15) is 12.4 Å². The van der Waals surface area contributed by atoms with Crippen LogP contribution in [0.4, 0.5) is 30.4 Å². The molecule has 0 saturated carbocycles. The minimum atomic E-state index is -4.40. The normalized spacial score (nSPS) is 16.7. The van der Waals surface area contributed by atoms with E-state index in [0.29, 0.717) is 55.1 Å². The highest BCUT2D eigenvalue weighted by Crippen LogP contribution is 2.34. The van der Waals surface area contributed by atoms with Gasteiger partial charge in [0, 0.05) is 30.9 Å². The number of aromatic nitrogens is 2. The summed E-state index contributed by atoms with van der Waals surface area (Å²) in [6.07, 6.45) is -1.84. The number of aliphatic hydroxyl groups is 1. The molecule has 2 aromatic carbocycles. The third-order valence-electron chi connectivity index (χ3n) is 7.32. The number of hydrogen-bond acceptors (Lipinski definition) is 7. The predicted molar refractivity (Wildman–Crippen MR) is 145 cm³/mol. The molecular weight excluding hydrogens is 531 g/mol. The molecule has 2 aliphatic rings. The van der Waals surface area contributed by atoms with E-state index in [4.69, 9.17) is 21.3 Å². The summed E-state index contributed by atoms with van der Waals surface area (Å²) in [6.45, 7) is 4.34. The van der Waals surface area contributed by atoms with E-state index in [1.807, 2.05) is 24.3 Å². The Kier molecular flexibility index (Phi) is 8.44. The molecule has 0 amide bonds. The molecule has 0 spiro atoms. The van der Waals surface area contributed by atoms with E-state index < -0.39 is 11.7 Å². The summed E-state index contributed by atoms with van der Waals surface area (Å²) in [6, 6.07) is 12.7. The van der Waals surface area contributed by atoms with Gasteiger partial charge in [-0.25, -0.2) is 0 Å². The number of halogens is 4. The zero-order valence-corrected chi connectivity index (χ0v) is 22.2. The maximum atomic E-state index is 13.0. The number of aliphatic hydroxyl groups excluding tert-OH is 1. The highest BCUT2D eigenvalue weighted by molar-refractivity contribution is 6.33. The van der Waals surface area contributed by atoms with E-state index in [9.17, 15) is 18.3 Å². The van der Waals surface area contributed by atoms with Crippen molar-refractivity contribution in [3.8, 4) is 6.01 Å². The van der Waals surface area contributed by atoms with Gasteiger partial charge in [-0.2, -0.15) is 23.1 Å². The fourth-order valence-electron chi connectivity index (χ4n) is 5.03. The fraction of sp³-hybridized carbons (Fsp3) is 0.429. The van der Waals surface area contributed by atoms with Gasteiger partial charge in [0.25, 0.3) is 0 Å². The number of para-hydroxylation sites is 1. The molecule has 3 heterocycles. The summed E-state index contributed by atoms with van der Waals surface area (Å²) in [5.74, 6) is 0.892. The highest BCUT2D eigenvalue weighted by Gasteiger charge is 2.30. The Morgan fingerprint density at radius 2 is 1.77 bits per heavy atom. The van der Waals surface area contributed by atoms with Crippen molar-refractivity contribution in [3.63, 3.8) is 0 Å². The zero-order chi connectivity index (χ0) is 27.4. The maximum absolute atomic E-state index is 13.0. The van der Waals surface area contributed by atoms with Crippen molar-refractivity contribution in [2.24, 2.45) is 5.92 Å². The molecule has 0 aliphatic carbocycles. The first-order valence-corrected chi connectivity index (χ1v) is 13.5. The lowest BCUT2D eigenvalue weighted by Crippen LogP contribution is -2.37. The standard InChI is InChI=1S/C28H31ClF3N5O2/c29-23-3-1-2-4-25(23)37-14-11-22-24(17-37)34-27(39-16-15-36-12-9-19(18-38)10-13-36)35-26(22)33-21-7-5-20(6-8-21)28(30,31)32/h1-8,19,38H,9-18H2,(H,33,34,35). The molecule has 1 aromatic heterocycles. The van der Waals surface area contributed by atoms with Crippen LogP contribution in [-0.4, -0.2) is 59.4 Å². The van der Waals surface area contributed by atoms with Crippen LogP contribution < -0.4 is 15.0 Å². The van der Waals surface area contributed by atoms with Gasteiger partial charge in [0.05, 0.1) is 28.5 Å². The lowest BCUT2D eigenvalue weighted by molar-refractivity contribution is -0.137. The molecule has 2 aliphatic heterocycles. The maximum Gasteiger partial charge on any atom is 0.416 e. The molecule has 208 valence electrons. The molecule has 0 bridgehead atoms. The molecule has 0 atom stereocenters. The molecule has 39 heavy (non-hydrogen) atoms. The third kappa shape index (κ3) is 6.74. The molecule has 0 unspecified atom stereocenters. The number of ether oxygens (including phenoxy) is 1. The lowest BCUT2D eigenvalue weighted by Gasteiger charge is -2.32. The number of fused-ring (bicyclic) bond motifs is 1. The predicted octanol–water partition coefficient (Wildman–Crippen LogP) is 5.54. The molecule has 3 aromatic rings. The van der Waals surface area contributed by atoms with Crippen molar-refractivity contribution in [1.82, 2.24) is 14.9 Å². The molecular formula is C28H31ClF3N5O2. The van der Waals surface area contributed by atoms with Crippen molar-refractivity contribution in [1.29, 1.82) is 0 Å². The molecule has 11 heteroatoms. The average molecular weight is 562 g/mol. The number of likely N-dealkylation sites (tertiary alicyclic amines) is 1. The Labute approximate surface area is 230 Å². The van der Waals surface area contributed by atoms with Gasteiger partial charge in [-0.1, -0.05) is 23.7 Å². The van der Waals surface area contributed by atoms with Gasteiger partial charge < -0.3 is 20.1 Å². The Balaban J connectivity index is 1.35. The second-order valence-electron chi connectivity index (χ2n) is 9.92. The Morgan fingerprint density at radius 1 is 1.03 bits per heavy atom. The van der Waals surface area contributed by atoms with Crippen molar-refractivity contribution in [3.05, 3.63) is 70.4 Å². The van der Waals surface area contributed by atoms with E-state index in [1.54, 1.807) is 0 Å². The Hall–Kier alpha value is -3.08. The second-order valence-corrected chi connectivity index (χ2v) is 10.3. The van der Waals surface area contributed by atoms with Gasteiger partial charge in [0.2, 0.25) is 0 Å². The summed E-state index contributed by atoms with van der Waals surface area (Å²) < 4.78 is 45.1. The highest BCUT2D eigenvalue weighted by atomic mass is 35.5. The van der Waals surface area contributed by atoms with Crippen LogP contribution in [0.2, 0.25) is 5.02 Å². The number of hydrogen-bond donors (Lipinski definition) is 2. The smallest absolute Gasteiger partial charge is 0.416 e. The molecule has 0 radical (unpaired) electrons. The van der Waals surface area contributed by atoms with Crippen molar-refractivity contribution >= 4 is 28.8 Å². The van der Waals surface area contributed by atoms with Crippen LogP contribution in [0.25, 0.3) is 0 Å². The van der Waals surface area contributed by atoms with Crippen LogP contribution in [0.3, 0.4) is 0 Å². The molecule has 1 saturated heterocycles. The van der Waals surface area contributed by atoms with Crippen LogP contribution >= 0.6 is 11.6 Å². The fourth-order valence-corrected chi connectivity index (χ4v) is 5.28. The minimum Gasteiger partial charge on any atom is -0.462 e. The van der Waals surface area contributed by atoms with E-state index in [-0.39, 0.29) is 12.6 Å². The van der Waals surface area contributed by atoms with E-state index >= 15 is 0 Å². The Morgan fingerprint density at radius 3 is 2.46 bits per heavy atom. The van der Waals surface area contributed by atoms with Gasteiger partial charge in [-0.3, -0.25) is 4.90 Å². The number of anilines is 3. The van der Waals surface area contributed by atoms with Crippen LogP contribution in [0.5, 0.6) is 6.01 Å². The number of nitrogens with zero attached hydrogens (tertiary/aromatic N) is 4. The van der Waals surface area contributed by atoms with Crippen LogP contribution in [0, 0.1) is 5.92 Å². The summed E-state index contributed by atoms with van der Waals surface area (Å²) in [5.41, 5.74) is 2.38. The number of rotatable bonds is 8. The van der Waals surface area contributed by atoms with Crippen LogP contribution in [0.15, 0.2) is 48.5 Å². The Bertz CT molecular complexity index is 1270. The quantitative estimate of drug-likeness (QED) is 0.374. The summed E-state index contributed by atoms with van der Waals surface area (Å²) >= 11 is 6.45. The van der Waals surface area contributed by atoms with Gasteiger partial charge in [0.15, 0.2) is 0 Å². The second kappa shape index (κ2) is 12.0. The van der Waals surface area contributed by atoms with Crippen molar-refractivity contribution < 1.29 is 23.0 Å². The number of benzene rings is 2. The first-order chi connectivity index (χ1) is 18.8. The summed E-state index contributed by atoms with van der Waals surface area (Å²) in [5, 5.41) is 13.2.